The van der Waals surface area contributed by atoms with Crippen LogP contribution in [-0.4, -0.2) is 3.21 Å². The van der Waals surface area contributed by atoms with Crippen LogP contribution in [0.2, 0.25) is 0 Å². The summed E-state index contributed by atoms with van der Waals surface area (Å²) < 4.78 is 1.80. The molecular formula is C35H47Cl2Zr-. The van der Waals surface area contributed by atoms with Crippen molar-refractivity contribution in [3.8, 4) is 0 Å². The molecular weight excluding hydrogens is 583 g/mol. The molecule has 0 bridgehead atoms. The summed E-state index contributed by atoms with van der Waals surface area (Å²) in [5, 5.41) is 2.69. The SMILES string of the molecule is CC1=C(C)C(C)=C(C2(C(C)(C)C)[C-]=C3C=c4cc(C(C)(C)C)ccc4=C3C=C2)C1.Cl.Cl.[Zr]=[C]1CCCCC1. The van der Waals surface area contributed by atoms with Crippen LogP contribution in [0.3, 0.4) is 0 Å². The van der Waals surface area contributed by atoms with Gasteiger partial charge in [0.15, 0.2) is 0 Å². The van der Waals surface area contributed by atoms with E-state index in [0.717, 1.165) is 6.42 Å². The van der Waals surface area contributed by atoms with Crippen molar-refractivity contribution in [3.05, 3.63) is 80.3 Å². The summed E-state index contributed by atoms with van der Waals surface area (Å²) in [6, 6.07) is 6.97. The van der Waals surface area contributed by atoms with Crippen molar-refractivity contribution in [2.24, 2.45) is 10.8 Å². The van der Waals surface area contributed by atoms with Gasteiger partial charge in [0.05, 0.1) is 0 Å². The van der Waals surface area contributed by atoms with Crippen LogP contribution in [-0.2, 0) is 29.7 Å². The van der Waals surface area contributed by atoms with Gasteiger partial charge in [-0.15, -0.1) is 36.5 Å². The molecule has 5 rings (SSSR count). The molecule has 0 heterocycles. The van der Waals surface area contributed by atoms with Gasteiger partial charge in [0.2, 0.25) is 0 Å². The van der Waals surface area contributed by atoms with E-state index in [1.807, 2.05) is 0 Å². The second-order valence-electron chi connectivity index (χ2n) is 13.4. The Labute approximate surface area is 259 Å². The zero-order chi connectivity index (χ0) is 26.5. The molecule has 0 spiro atoms. The predicted octanol–water partition coefficient (Wildman–Crippen LogP) is 8.83. The first-order chi connectivity index (χ1) is 16.7. The third-order valence-corrected chi connectivity index (χ3v) is 10.1. The van der Waals surface area contributed by atoms with Gasteiger partial charge in [-0.3, -0.25) is 0 Å². The van der Waals surface area contributed by atoms with E-state index in [0.29, 0.717) is 0 Å². The Morgan fingerprint density at radius 1 is 0.868 bits per heavy atom. The van der Waals surface area contributed by atoms with Gasteiger partial charge in [-0.05, 0) is 60.1 Å². The Morgan fingerprint density at radius 2 is 1.50 bits per heavy atom. The molecule has 1 aromatic carbocycles. The van der Waals surface area contributed by atoms with Crippen LogP contribution in [0.15, 0.2) is 58.2 Å². The molecule has 4 aliphatic rings. The van der Waals surface area contributed by atoms with Gasteiger partial charge in [0.1, 0.15) is 0 Å². The van der Waals surface area contributed by atoms with Crippen LogP contribution in [0.25, 0.3) is 11.6 Å². The fourth-order valence-corrected chi connectivity index (χ4v) is 6.94. The molecule has 0 aromatic heterocycles. The van der Waals surface area contributed by atoms with Gasteiger partial charge >= 0.3 is 59.5 Å². The fraction of sp³-hybridized carbons (Fsp3) is 0.514. The molecule has 1 atom stereocenters. The van der Waals surface area contributed by atoms with Crippen LogP contribution in [0.4, 0.5) is 0 Å². The van der Waals surface area contributed by atoms with E-state index < -0.39 is 0 Å². The van der Waals surface area contributed by atoms with Crippen LogP contribution in [0.1, 0.15) is 106 Å². The second-order valence-corrected chi connectivity index (χ2v) is 15.1. The first kappa shape index (κ1) is 33.5. The normalized spacial score (nSPS) is 22.5. The molecule has 0 nitrogen and oxygen atoms in total. The summed E-state index contributed by atoms with van der Waals surface area (Å²) in [5.74, 6) is 0. The fourth-order valence-electron chi connectivity index (χ4n) is 6.07. The molecule has 0 amide bonds. The topological polar surface area (TPSA) is 0 Å². The Balaban J connectivity index is 0.000000492. The Kier molecular flexibility index (Phi) is 10.9. The molecule has 1 aromatic rings. The predicted molar refractivity (Wildman–Crippen MR) is 168 cm³/mol. The van der Waals surface area contributed by atoms with Crippen LogP contribution in [0.5, 0.6) is 0 Å². The summed E-state index contributed by atoms with van der Waals surface area (Å²) >= 11 is 1.69. The molecule has 206 valence electrons. The van der Waals surface area contributed by atoms with Crippen LogP contribution in [0, 0.1) is 16.9 Å². The molecule has 38 heavy (non-hydrogen) atoms. The van der Waals surface area contributed by atoms with Crippen molar-refractivity contribution in [1.29, 1.82) is 0 Å². The zero-order valence-corrected chi connectivity index (χ0v) is 29.1. The van der Waals surface area contributed by atoms with Crippen molar-refractivity contribution in [2.75, 3.05) is 0 Å². The molecule has 1 saturated carbocycles. The van der Waals surface area contributed by atoms with Gasteiger partial charge in [-0.1, -0.05) is 87.4 Å². The third-order valence-electron chi connectivity index (χ3n) is 8.84. The first-order valence-electron chi connectivity index (χ1n) is 13.9. The van der Waals surface area contributed by atoms with Gasteiger partial charge in [-0.25, -0.2) is 0 Å². The van der Waals surface area contributed by atoms with Gasteiger partial charge in [-0.2, -0.15) is 17.7 Å². The van der Waals surface area contributed by atoms with Gasteiger partial charge in [0, 0.05) is 0 Å². The van der Waals surface area contributed by atoms with Crippen LogP contribution < -0.4 is 10.4 Å². The van der Waals surface area contributed by atoms with E-state index in [2.05, 4.69) is 105 Å². The second kappa shape index (κ2) is 12.4. The Bertz CT molecular complexity index is 1330. The van der Waals surface area contributed by atoms with Gasteiger partial charge < -0.3 is 0 Å². The Hall–Kier alpha value is -0.747. The number of allylic oxidation sites excluding steroid dienone is 8. The first-order valence-corrected chi connectivity index (χ1v) is 15.1. The number of fused-ring (bicyclic) bond motifs is 2. The molecule has 0 aliphatic heterocycles. The van der Waals surface area contributed by atoms with Crippen molar-refractivity contribution in [3.63, 3.8) is 0 Å². The third kappa shape index (κ3) is 6.42. The van der Waals surface area contributed by atoms with E-state index in [4.69, 9.17) is 0 Å². The van der Waals surface area contributed by atoms with E-state index in [9.17, 15) is 0 Å². The van der Waals surface area contributed by atoms with Gasteiger partial charge in [0.25, 0.3) is 0 Å². The summed E-state index contributed by atoms with van der Waals surface area (Å²) in [6.07, 6.45) is 19.6. The standard InChI is InChI=1S/C29H35.C6H10.2ClH.Zr/c1-18-14-26(20(3)19(18)2)29(28(7,8)9)13-12-25-22(17-29)15-21-16-23(27(4,5)6)10-11-24(21)25;1-2-4-6-5-3-1;;;/h10-13,15-16H,14H2,1-9H3;1-5H2;2*1H;/q-1;;;;. The molecule has 1 unspecified atom stereocenters. The minimum atomic E-state index is -0.166. The van der Waals surface area contributed by atoms with E-state index in [-0.39, 0.29) is 41.1 Å². The number of hydrogen-bond acceptors (Lipinski definition) is 0. The quantitative estimate of drug-likeness (QED) is 0.272. The maximum absolute atomic E-state index is 4.04. The molecule has 0 saturated heterocycles. The molecule has 0 radical (unpaired) electrons. The monoisotopic (exact) mass is 627 g/mol. The Morgan fingerprint density at radius 3 is 1.97 bits per heavy atom. The van der Waals surface area contributed by atoms with E-state index in [1.165, 1.54) is 81.5 Å². The summed E-state index contributed by atoms with van der Waals surface area (Å²) in [7, 11) is 0. The average Bonchev–Trinajstić information content (AvgIpc) is 3.29. The van der Waals surface area contributed by atoms with Crippen molar-refractivity contribution in [1.82, 2.24) is 0 Å². The number of rotatable bonds is 1. The zero-order valence-electron chi connectivity index (χ0n) is 25.0. The molecule has 3 heteroatoms. The number of benzene rings is 1. The minimum absolute atomic E-state index is 0. The maximum atomic E-state index is 4.04. The summed E-state index contributed by atoms with van der Waals surface area (Å²) in [6.45, 7) is 20.8. The van der Waals surface area contributed by atoms with E-state index in [1.54, 1.807) is 27.4 Å². The van der Waals surface area contributed by atoms with Crippen LogP contribution >= 0.6 is 24.8 Å². The van der Waals surface area contributed by atoms with Crippen molar-refractivity contribution < 1.29 is 24.2 Å². The summed E-state index contributed by atoms with van der Waals surface area (Å²) in [4.78, 5) is 0. The molecule has 1 fully saturated rings. The van der Waals surface area contributed by atoms with Crippen molar-refractivity contribution >= 4 is 39.7 Å². The molecule has 4 aliphatic carbocycles. The number of halogens is 2. The van der Waals surface area contributed by atoms with E-state index >= 15 is 0 Å². The molecule has 0 N–H and O–H groups in total. The number of hydrogen-bond donors (Lipinski definition) is 0. The van der Waals surface area contributed by atoms with Crippen molar-refractivity contribution in [2.45, 2.75) is 106 Å². The average molecular weight is 630 g/mol. The summed E-state index contributed by atoms with van der Waals surface area (Å²) in [5.41, 5.74) is 10.0.